The average Bonchev–Trinajstić information content (AvgIpc) is 2.25. The van der Waals surface area contributed by atoms with Crippen LogP contribution in [-0.4, -0.2) is 42.6 Å². The summed E-state index contributed by atoms with van der Waals surface area (Å²) in [5.41, 5.74) is 0.471. The molecule has 1 fully saturated rings. The second-order valence-electron chi connectivity index (χ2n) is 6.75. The van der Waals surface area contributed by atoms with Gasteiger partial charge < -0.3 is 10.6 Å². The van der Waals surface area contributed by atoms with Crippen LogP contribution in [0.5, 0.6) is 0 Å². The maximum atomic E-state index is 11.1. The summed E-state index contributed by atoms with van der Waals surface area (Å²) >= 11 is 0. The molecule has 1 rings (SSSR count). The van der Waals surface area contributed by atoms with Crippen LogP contribution in [0.1, 0.15) is 47.0 Å². The molecule has 1 aliphatic rings. The van der Waals surface area contributed by atoms with Gasteiger partial charge in [-0.05, 0) is 59.9 Å². The van der Waals surface area contributed by atoms with Gasteiger partial charge >= 0.3 is 6.03 Å². The monoisotopic (exact) mass is 255 g/mol. The Balaban J connectivity index is 2.51. The van der Waals surface area contributed by atoms with Crippen molar-refractivity contribution in [2.45, 2.75) is 58.0 Å². The van der Waals surface area contributed by atoms with Crippen molar-refractivity contribution in [3.8, 4) is 0 Å². The molecular weight excluding hydrogens is 226 g/mol. The number of amides is 2. The molecule has 2 amide bonds. The van der Waals surface area contributed by atoms with Gasteiger partial charge in [0.15, 0.2) is 0 Å². The Labute approximate surface area is 111 Å². The van der Waals surface area contributed by atoms with E-state index in [1.54, 1.807) is 7.05 Å². The highest BCUT2D eigenvalue weighted by molar-refractivity contribution is 5.73. The molecule has 0 spiro atoms. The number of hydrogen-bond acceptors (Lipinski definition) is 2. The van der Waals surface area contributed by atoms with Crippen LogP contribution in [0.15, 0.2) is 0 Å². The highest BCUT2D eigenvalue weighted by Gasteiger charge is 2.42. The van der Waals surface area contributed by atoms with Gasteiger partial charge in [0.1, 0.15) is 0 Å². The van der Waals surface area contributed by atoms with Crippen molar-refractivity contribution in [2.24, 2.45) is 5.92 Å². The molecule has 4 heteroatoms. The van der Waals surface area contributed by atoms with Gasteiger partial charge in [-0.25, -0.2) is 4.79 Å². The average molecular weight is 255 g/mol. The molecule has 0 atom stereocenters. The normalized spacial score (nSPS) is 23.7. The second-order valence-corrected chi connectivity index (χ2v) is 6.75. The molecule has 1 heterocycles. The molecule has 0 bridgehead atoms. The van der Waals surface area contributed by atoms with Crippen molar-refractivity contribution in [2.75, 3.05) is 20.6 Å². The van der Waals surface area contributed by atoms with Crippen LogP contribution in [-0.2, 0) is 0 Å². The van der Waals surface area contributed by atoms with Crippen molar-refractivity contribution < 1.29 is 4.79 Å². The van der Waals surface area contributed by atoms with Crippen molar-refractivity contribution in [1.29, 1.82) is 0 Å². The quantitative estimate of drug-likeness (QED) is 0.812. The predicted molar refractivity (Wildman–Crippen MR) is 75.7 cm³/mol. The van der Waals surface area contributed by atoms with E-state index in [1.165, 1.54) is 12.8 Å². The predicted octanol–water partition coefficient (Wildman–Crippen LogP) is 2.20. The summed E-state index contributed by atoms with van der Waals surface area (Å²) in [7, 11) is 3.87. The van der Waals surface area contributed by atoms with E-state index in [0.717, 1.165) is 13.0 Å². The number of nitrogens with zero attached hydrogens (tertiary/aromatic N) is 1. The van der Waals surface area contributed by atoms with E-state index in [1.807, 2.05) is 0 Å². The molecule has 106 valence electrons. The van der Waals surface area contributed by atoms with Crippen LogP contribution in [0.3, 0.4) is 0 Å². The largest absolute Gasteiger partial charge is 0.341 e. The lowest BCUT2D eigenvalue weighted by Crippen LogP contribution is -2.58. The fourth-order valence-electron chi connectivity index (χ4n) is 3.26. The summed E-state index contributed by atoms with van der Waals surface area (Å²) in [6, 6.07) is -0.0820. The first kappa shape index (κ1) is 15.3. The molecule has 0 aromatic heterocycles. The Kier molecular flexibility index (Phi) is 4.65. The number of hydrogen-bond donors (Lipinski definition) is 2. The van der Waals surface area contributed by atoms with E-state index in [4.69, 9.17) is 0 Å². The third-order valence-corrected chi connectivity index (χ3v) is 4.46. The van der Waals surface area contributed by atoms with Gasteiger partial charge in [-0.2, -0.15) is 0 Å². The lowest BCUT2D eigenvalue weighted by molar-refractivity contribution is -0.0313. The van der Waals surface area contributed by atoms with E-state index in [-0.39, 0.29) is 17.1 Å². The summed E-state index contributed by atoms with van der Waals surface area (Å²) in [5, 5.41) is 5.47. The van der Waals surface area contributed by atoms with Crippen LogP contribution in [0.2, 0.25) is 0 Å². The molecular formula is C14H29N3O. The van der Waals surface area contributed by atoms with Crippen LogP contribution < -0.4 is 10.6 Å². The summed E-state index contributed by atoms with van der Waals surface area (Å²) in [5.74, 6) is 0.684. The number of carbonyl (C=O) groups excluding carboxylic acids is 1. The molecule has 18 heavy (non-hydrogen) atoms. The van der Waals surface area contributed by atoms with Gasteiger partial charge in [-0.15, -0.1) is 0 Å². The van der Waals surface area contributed by atoms with Gasteiger partial charge in [0, 0.05) is 24.7 Å². The second kappa shape index (κ2) is 5.47. The SMILES string of the molecule is CNC(=O)NCCC1CC(C)(C)N(C)C(C)(C)C1. The first-order valence-electron chi connectivity index (χ1n) is 6.88. The van der Waals surface area contributed by atoms with Crippen molar-refractivity contribution in [1.82, 2.24) is 15.5 Å². The summed E-state index contributed by atoms with van der Waals surface area (Å²) in [6.45, 7) is 10.0. The first-order valence-corrected chi connectivity index (χ1v) is 6.88. The topological polar surface area (TPSA) is 44.4 Å². The number of rotatable bonds is 3. The van der Waals surface area contributed by atoms with E-state index < -0.39 is 0 Å². The minimum absolute atomic E-state index is 0.0820. The first-order chi connectivity index (χ1) is 8.19. The number of piperidine rings is 1. The zero-order chi connectivity index (χ0) is 14.0. The molecule has 4 nitrogen and oxygen atoms in total. The smallest absolute Gasteiger partial charge is 0.314 e. The zero-order valence-electron chi connectivity index (χ0n) is 12.8. The molecule has 0 radical (unpaired) electrons. The minimum atomic E-state index is -0.0820. The van der Waals surface area contributed by atoms with Crippen LogP contribution >= 0.6 is 0 Å². The van der Waals surface area contributed by atoms with Crippen molar-refractivity contribution >= 4 is 6.03 Å². The molecule has 2 N–H and O–H groups in total. The maximum Gasteiger partial charge on any atom is 0.314 e. The Morgan fingerprint density at radius 2 is 1.72 bits per heavy atom. The molecule has 0 aliphatic carbocycles. The van der Waals surface area contributed by atoms with Gasteiger partial charge in [-0.3, -0.25) is 4.90 Å². The Morgan fingerprint density at radius 1 is 1.22 bits per heavy atom. The molecule has 0 aromatic carbocycles. The molecule has 0 saturated carbocycles. The lowest BCUT2D eigenvalue weighted by atomic mass is 9.73. The Bertz CT molecular complexity index is 281. The highest BCUT2D eigenvalue weighted by Crippen LogP contribution is 2.41. The van der Waals surface area contributed by atoms with E-state index in [9.17, 15) is 4.79 Å². The zero-order valence-corrected chi connectivity index (χ0v) is 12.8. The Morgan fingerprint density at radius 3 is 2.17 bits per heavy atom. The molecule has 0 aromatic rings. The molecule has 1 saturated heterocycles. The van der Waals surface area contributed by atoms with Gasteiger partial charge in [0.05, 0.1) is 0 Å². The molecule has 0 unspecified atom stereocenters. The fraction of sp³-hybridized carbons (Fsp3) is 0.929. The van der Waals surface area contributed by atoms with Gasteiger partial charge in [0.25, 0.3) is 0 Å². The summed E-state index contributed by atoms with van der Waals surface area (Å²) in [4.78, 5) is 13.6. The highest BCUT2D eigenvalue weighted by atomic mass is 16.2. The van der Waals surface area contributed by atoms with Gasteiger partial charge in [0.2, 0.25) is 0 Å². The third-order valence-electron chi connectivity index (χ3n) is 4.46. The van der Waals surface area contributed by atoms with Crippen molar-refractivity contribution in [3.63, 3.8) is 0 Å². The maximum absolute atomic E-state index is 11.1. The standard InChI is InChI=1S/C14H29N3O/c1-13(2)9-11(7-8-16-12(18)15-5)10-14(3,4)17(13)6/h11H,7-10H2,1-6H3,(H2,15,16,18). The Hall–Kier alpha value is -0.770. The van der Waals surface area contributed by atoms with Crippen LogP contribution in [0.25, 0.3) is 0 Å². The number of carbonyl (C=O) groups is 1. The minimum Gasteiger partial charge on any atom is -0.341 e. The summed E-state index contributed by atoms with van der Waals surface area (Å²) < 4.78 is 0. The van der Waals surface area contributed by atoms with E-state index >= 15 is 0 Å². The lowest BCUT2D eigenvalue weighted by Gasteiger charge is -2.53. The van der Waals surface area contributed by atoms with Crippen LogP contribution in [0, 0.1) is 5.92 Å². The van der Waals surface area contributed by atoms with Crippen molar-refractivity contribution in [3.05, 3.63) is 0 Å². The van der Waals surface area contributed by atoms with Crippen LogP contribution in [0.4, 0.5) is 4.79 Å². The number of nitrogens with one attached hydrogen (secondary N) is 2. The van der Waals surface area contributed by atoms with Gasteiger partial charge in [-0.1, -0.05) is 0 Å². The van der Waals surface area contributed by atoms with E-state index in [0.29, 0.717) is 5.92 Å². The number of urea groups is 1. The van der Waals surface area contributed by atoms with E-state index in [2.05, 4.69) is 50.3 Å². The summed E-state index contributed by atoms with van der Waals surface area (Å²) in [6.07, 6.45) is 3.46. The third kappa shape index (κ3) is 3.61. The molecule has 1 aliphatic heterocycles. The number of likely N-dealkylation sites (tertiary alicyclic amines) is 1. The fourth-order valence-corrected chi connectivity index (χ4v) is 3.26.